The predicted molar refractivity (Wildman–Crippen MR) is 135 cm³/mol. The summed E-state index contributed by atoms with van der Waals surface area (Å²) in [5.74, 6) is 1.26. The molecule has 0 saturated heterocycles. The van der Waals surface area contributed by atoms with Crippen LogP contribution in [-0.2, 0) is 0 Å². The molecule has 0 heterocycles. The zero-order valence-electron chi connectivity index (χ0n) is 18.1. The Hall–Kier alpha value is -4.36. The van der Waals surface area contributed by atoms with E-state index in [2.05, 4.69) is 15.9 Å². The highest BCUT2D eigenvalue weighted by Gasteiger charge is 2.23. The summed E-state index contributed by atoms with van der Waals surface area (Å²) in [6.07, 6.45) is -1.78. The number of carbonyl (C=O) groups excluding carboxylic acids is 2. The number of para-hydroxylation sites is 2. The maximum absolute atomic E-state index is 12.7. The lowest BCUT2D eigenvalue weighted by Gasteiger charge is -2.17. The zero-order chi connectivity index (χ0) is 24.2. The highest BCUT2D eigenvalue weighted by Crippen LogP contribution is 2.45. The molecule has 172 valence electrons. The first kappa shape index (κ1) is 22.4. The first-order chi connectivity index (χ1) is 17.1. The van der Waals surface area contributed by atoms with Crippen molar-refractivity contribution in [1.82, 2.24) is 0 Å². The Morgan fingerprint density at radius 1 is 0.486 bits per heavy atom. The van der Waals surface area contributed by atoms with E-state index in [0.29, 0.717) is 37.5 Å². The molecule has 0 aromatic heterocycles. The maximum atomic E-state index is 12.7. The molecular formula is C28H17BrO6. The zero-order valence-corrected chi connectivity index (χ0v) is 19.7. The van der Waals surface area contributed by atoms with Gasteiger partial charge in [-0.1, -0.05) is 88.7 Å². The quantitative estimate of drug-likeness (QED) is 0.134. The van der Waals surface area contributed by atoms with Crippen molar-refractivity contribution < 1.29 is 28.5 Å². The minimum atomic E-state index is -0.893. The molecule has 0 aliphatic heterocycles. The Bertz CT molecular complexity index is 1530. The van der Waals surface area contributed by atoms with E-state index >= 15 is 0 Å². The molecule has 5 rings (SSSR count). The van der Waals surface area contributed by atoms with Crippen molar-refractivity contribution in [2.24, 2.45) is 0 Å². The smallest absolute Gasteiger partial charge is 0.395 e. The van der Waals surface area contributed by atoms with Gasteiger partial charge in [0.25, 0.3) is 0 Å². The fourth-order valence-corrected chi connectivity index (χ4v) is 4.24. The third kappa shape index (κ3) is 4.81. The van der Waals surface area contributed by atoms with Gasteiger partial charge in [0.05, 0.1) is 0 Å². The summed E-state index contributed by atoms with van der Waals surface area (Å²) in [7, 11) is 0. The van der Waals surface area contributed by atoms with Gasteiger partial charge in [0.15, 0.2) is 11.5 Å². The average molecular weight is 529 g/mol. The number of carbonyl (C=O) groups is 2. The number of hydrogen-bond donors (Lipinski definition) is 0. The topological polar surface area (TPSA) is 71.1 Å². The van der Waals surface area contributed by atoms with Gasteiger partial charge in [0.1, 0.15) is 11.5 Å². The van der Waals surface area contributed by atoms with Gasteiger partial charge in [-0.2, -0.15) is 0 Å². The highest BCUT2D eigenvalue weighted by atomic mass is 79.9. The molecule has 35 heavy (non-hydrogen) atoms. The largest absolute Gasteiger partial charge is 0.519 e. The molecule has 5 aromatic rings. The van der Waals surface area contributed by atoms with Gasteiger partial charge in [-0.25, -0.2) is 9.59 Å². The summed E-state index contributed by atoms with van der Waals surface area (Å²) >= 11 is 3.54. The molecule has 0 aliphatic rings. The van der Waals surface area contributed by atoms with Crippen molar-refractivity contribution >= 4 is 49.8 Å². The molecule has 0 saturated carbocycles. The molecule has 5 aromatic carbocycles. The van der Waals surface area contributed by atoms with Crippen LogP contribution in [0.15, 0.2) is 108 Å². The maximum Gasteiger partial charge on any atom is 0.519 e. The molecule has 0 atom stereocenters. The molecule has 0 aliphatic carbocycles. The molecule has 0 N–H and O–H groups in total. The summed E-state index contributed by atoms with van der Waals surface area (Å²) < 4.78 is 22.7. The summed E-state index contributed by atoms with van der Waals surface area (Å²) in [6.45, 7) is 0. The number of halogens is 1. The molecule has 6 nitrogen and oxygen atoms in total. The normalized spacial score (nSPS) is 10.7. The van der Waals surface area contributed by atoms with E-state index < -0.39 is 12.3 Å². The van der Waals surface area contributed by atoms with Crippen LogP contribution in [0.25, 0.3) is 21.5 Å². The summed E-state index contributed by atoms with van der Waals surface area (Å²) in [5.41, 5.74) is 0. The number of hydrogen-bond acceptors (Lipinski definition) is 6. The van der Waals surface area contributed by atoms with Crippen LogP contribution in [0.5, 0.6) is 23.0 Å². The van der Waals surface area contributed by atoms with Crippen molar-refractivity contribution in [2.75, 3.05) is 0 Å². The van der Waals surface area contributed by atoms with Crippen molar-refractivity contribution in [3.8, 4) is 23.0 Å². The number of fused-ring (bicyclic) bond motifs is 2. The fourth-order valence-electron chi connectivity index (χ4n) is 3.70. The van der Waals surface area contributed by atoms with E-state index in [1.54, 1.807) is 91.0 Å². The molecule has 0 bridgehead atoms. The lowest BCUT2D eigenvalue weighted by Crippen LogP contribution is -2.16. The SMILES string of the molecule is O=C(Oc1ccccc1)Oc1c2ccccc2c(OC(=O)Oc2ccccc2)c2c(Br)cccc12. The van der Waals surface area contributed by atoms with E-state index in [-0.39, 0.29) is 11.5 Å². The Morgan fingerprint density at radius 3 is 1.51 bits per heavy atom. The van der Waals surface area contributed by atoms with Gasteiger partial charge in [0, 0.05) is 26.0 Å². The first-order valence-corrected chi connectivity index (χ1v) is 11.4. The molecule has 0 radical (unpaired) electrons. The standard InChI is InChI=1S/C28H17BrO6/c29-23-17-9-16-22-24(23)26(35-28(31)33-19-12-5-2-6-13-19)21-15-8-7-14-20(21)25(22)34-27(30)32-18-10-3-1-4-11-18/h1-17H. The molecule has 0 fully saturated rings. The summed E-state index contributed by atoms with van der Waals surface area (Å²) in [4.78, 5) is 25.3. The molecular weight excluding hydrogens is 512 g/mol. The van der Waals surface area contributed by atoms with E-state index in [9.17, 15) is 9.59 Å². The minimum absolute atomic E-state index is 0.271. The van der Waals surface area contributed by atoms with Gasteiger partial charge < -0.3 is 18.9 Å². The number of ether oxygens (including phenoxy) is 4. The third-order valence-corrected chi connectivity index (χ3v) is 5.82. The van der Waals surface area contributed by atoms with Gasteiger partial charge >= 0.3 is 12.3 Å². The monoisotopic (exact) mass is 528 g/mol. The lowest BCUT2D eigenvalue weighted by molar-refractivity contribution is 0.151. The van der Waals surface area contributed by atoms with Crippen molar-refractivity contribution in [3.63, 3.8) is 0 Å². The summed E-state index contributed by atoms with van der Waals surface area (Å²) in [6, 6.07) is 29.8. The second kappa shape index (κ2) is 9.87. The van der Waals surface area contributed by atoms with Gasteiger partial charge in [0.2, 0.25) is 0 Å². The van der Waals surface area contributed by atoms with Crippen LogP contribution in [0.4, 0.5) is 9.59 Å². The second-order valence-corrected chi connectivity index (χ2v) is 8.25. The second-order valence-electron chi connectivity index (χ2n) is 7.40. The minimum Gasteiger partial charge on any atom is -0.395 e. The van der Waals surface area contributed by atoms with Crippen molar-refractivity contribution in [1.29, 1.82) is 0 Å². The van der Waals surface area contributed by atoms with Crippen LogP contribution in [0, 0.1) is 0 Å². The van der Waals surface area contributed by atoms with Crippen LogP contribution in [0.2, 0.25) is 0 Å². The van der Waals surface area contributed by atoms with Crippen LogP contribution in [-0.4, -0.2) is 12.3 Å². The average Bonchev–Trinajstić information content (AvgIpc) is 2.87. The Morgan fingerprint density at radius 2 is 0.943 bits per heavy atom. The van der Waals surface area contributed by atoms with Crippen molar-refractivity contribution in [3.05, 3.63) is 108 Å². The lowest BCUT2D eigenvalue weighted by atomic mass is 10.0. The van der Waals surface area contributed by atoms with E-state index in [1.165, 1.54) is 0 Å². The first-order valence-electron chi connectivity index (χ1n) is 10.6. The van der Waals surface area contributed by atoms with Gasteiger partial charge in [-0.05, 0) is 30.3 Å². The predicted octanol–water partition coefficient (Wildman–Crippen LogP) is 7.91. The number of benzene rings is 5. The fraction of sp³-hybridized carbons (Fsp3) is 0. The van der Waals surface area contributed by atoms with Crippen LogP contribution < -0.4 is 18.9 Å². The van der Waals surface area contributed by atoms with Gasteiger partial charge in [-0.15, -0.1) is 0 Å². The van der Waals surface area contributed by atoms with Crippen LogP contribution in [0.3, 0.4) is 0 Å². The Kier molecular flexibility index (Phi) is 6.32. The third-order valence-electron chi connectivity index (χ3n) is 5.16. The Labute approximate surface area is 208 Å². The molecule has 0 spiro atoms. The Balaban J connectivity index is 1.58. The van der Waals surface area contributed by atoms with E-state index in [0.717, 1.165) is 0 Å². The number of rotatable bonds is 4. The van der Waals surface area contributed by atoms with E-state index in [4.69, 9.17) is 18.9 Å². The van der Waals surface area contributed by atoms with Crippen LogP contribution in [0.1, 0.15) is 0 Å². The molecule has 7 heteroatoms. The molecule has 0 unspecified atom stereocenters. The van der Waals surface area contributed by atoms with Crippen LogP contribution >= 0.6 is 15.9 Å². The molecule has 0 amide bonds. The van der Waals surface area contributed by atoms with Crippen molar-refractivity contribution in [2.45, 2.75) is 0 Å². The highest BCUT2D eigenvalue weighted by molar-refractivity contribution is 9.10. The summed E-state index contributed by atoms with van der Waals surface area (Å²) in [5, 5.41) is 2.20. The van der Waals surface area contributed by atoms with Gasteiger partial charge in [-0.3, -0.25) is 0 Å². The van der Waals surface area contributed by atoms with E-state index in [1.807, 2.05) is 12.1 Å².